The molecule has 5 rings (SSSR count). The SMILES string of the molecule is COc1ccc(Cl)cc1NC(=O)[C@@H]1C[C@H]2CCCN2[C@@]12C(=O)Nc1c(Cl)cccc12. The van der Waals surface area contributed by atoms with Gasteiger partial charge >= 0.3 is 0 Å². The number of benzene rings is 2. The maximum Gasteiger partial charge on any atom is 0.250 e. The lowest BCUT2D eigenvalue weighted by molar-refractivity contribution is -0.135. The van der Waals surface area contributed by atoms with Gasteiger partial charge in [0.2, 0.25) is 11.8 Å². The Morgan fingerprint density at radius 1 is 1.30 bits per heavy atom. The number of rotatable bonds is 3. The number of carbonyl (C=O) groups is 2. The van der Waals surface area contributed by atoms with Crippen LogP contribution in [-0.4, -0.2) is 36.4 Å². The van der Waals surface area contributed by atoms with Crippen LogP contribution in [0.2, 0.25) is 10.0 Å². The Morgan fingerprint density at radius 2 is 2.13 bits per heavy atom. The highest BCUT2D eigenvalue weighted by atomic mass is 35.5. The first-order valence-corrected chi connectivity index (χ1v) is 10.7. The lowest BCUT2D eigenvalue weighted by Gasteiger charge is -2.36. The first-order valence-electron chi connectivity index (χ1n) is 9.98. The largest absolute Gasteiger partial charge is 0.495 e. The standard InChI is InChI=1S/C22H21Cl2N3O3/c1-30-18-8-7-12(23)10-17(18)25-20(28)15-11-13-4-3-9-27(13)22(15)14-5-2-6-16(24)19(14)26-21(22)29/h2,5-8,10,13,15H,3-4,9,11H2,1H3,(H,25,28)(H,26,29)/t13-,15+,22-/m1/s1. The second kappa shape index (κ2) is 7.15. The van der Waals surface area contributed by atoms with Crippen LogP contribution in [0.4, 0.5) is 11.4 Å². The van der Waals surface area contributed by atoms with Crippen molar-refractivity contribution in [2.24, 2.45) is 5.92 Å². The van der Waals surface area contributed by atoms with Crippen LogP contribution in [0.5, 0.6) is 5.75 Å². The smallest absolute Gasteiger partial charge is 0.250 e. The lowest BCUT2D eigenvalue weighted by atomic mass is 9.78. The second-order valence-electron chi connectivity index (χ2n) is 7.99. The van der Waals surface area contributed by atoms with E-state index in [2.05, 4.69) is 15.5 Å². The molecular weight excluding hydrogens is 425 g/mol. The van der Waals surface area contributed by atoms with E-state index in [0.717, 1.165) is 24.9 Å². The van der Waals surface area contributed by atoms with E-state index in [1.165, 1.54) is 7.11 Å². The van der Waals surface area contributed by atoms with Gasteiger partial charge in [0.15, 0.2) is 0 Å². The van der Waals surface area contributed by atoms with Crippen LogP contribution in [0.15, 0.2) is 36.4 Å². The fraction of sp³-hybridized carbons (Fsp3) is 0.364. The fourth-order valence-corrected chi connectivity index (χ4v) is 5.81. The van der Waals surface area contributed by atoms with E-state index in [9.17, 15) is 9.59 Å². The number of hydrogen-bond donors (Lipinski definition) is 2. The molecule has 3 aliphatic heterocycles. The molecule has 3 atom stereocenters. The van der Waals surface area contributed by atoms with Gasteiger partial charge in [0.05, 0.1) is 29.4 Å². The molecule has 0 bridgehead atoms. The second-order valence-corrected chi connectivity index (χ2v) is 8.84. The highest BCUT2D eigenvalue weighted by Crippen LogP contribution is 2.56. The molecule has 2 aromatic carbocycles. The minimum Gasteiger partial charge on any atom is -0.495 e. The van der Waals surface area contributed by atoms with Crippen LogP contribution in [0, 0.1) is 5.92 Å². The summed E-state index contributed by atoms with van der Waals surface area (Å²) in [5, 5.41) is 6.89. The zero-order chi connectivity index (χ0) is 21.0. The van der Waals surface area contributed by atoms with Gasteiger partial charge in [-0.15, -0.1) is 0 Å². The summed E-state index contributed by atoms with van der Waals surface area (Å²) in [6.45, 7) is 0.772. The Kier molecular flexibility index (Phi) is 4.69. The number of hydrogen-bond acceptors (Lipinski definition) is 4. The first kappa shape index (κ1) is 19.7. The quantitative estimate of drug-likeness (QED) is 0.739. The van der Waals surface area contributed by atoms with E-state index >= 15 is 0 Å². The van der Waals surface area contributed by atoms with Gasteiger partial charge in [-0.2, -0.15) is 0 Å². The topological polar surface area (TPSA) is 70.7 Å². The molecule has 0 aromatic heterocycles. The van der Waals surface area contributed by atoms with E-state index < -0.39 is 11.5 Å². The molecule has 8 heteroatoms. The van der Waals surface area contributed by atoms with Crippen molar-refractivity contribution < 1.29 is 14.3 Å². The third-order valence-electron chi connectivity index (χ3n) is 6.59. The molecule has 2 amide bonds. The summed E-state index contributed by atoms with van der Waals surface area (Å²) >= 11 is 12.5. The number of anilines is 2. The number of nitrogens with one attached hydrogen (secondary N) is 2. The minimum absolute atomic E-state index is 0.178. The monoisotopic (exact) mass is 445 g/mol. The molecule has 0 radical (unpaired) electrons. The van der Waals surface area contributed by atoms with Crippen molar-refractivity contribution >= 4 is 46.4 Å². The summed E-state index contributed by atoms with van der Waals surface area (Å²) in [5.74, 6) is -0.466. The fourth-order valence-electron chi connectivity index (χ4n) is 5.41. The molecule has 30 heavy (non-hydrogen) atoms. The Balaban J connectivity index is 1.59. The van der Waals surface area contributed by atoms with Crippen molar-refractivity contribution in [3.63, 3.8) is 0 Å². The predicted octanol–water partition coefficient (Wildman–Crippen LogP) is 4.27. The molecule has 0 saturated carbocycles. The molecule has 156 valence electrons. The van der Waals surface area contributed by atoms with Gasteiger partial charge in [-0.1, -0.05) is 35.3 Å². The van der Waals surface area contributed by atoms with Crippen molar-refractivity contribution in [2.75, 3.05) is 24.3 Å². The van der Waals surface area contributed by atoms with E-state index in [1.54, 1.807) is 24.3 Å². The van der Waals surface area contributed by atoms with Crippen molar-refractivity contribution in [3.05, 3.63) is 52.0 Å². The van der Waals surface area contributed by atoms with Crippen molar-refractivity contribution in [3.8, 4) is 5.75 Å². The summed E-state index contributed by atoms with van der Waals surface area (Å²) in [5.41, 5.74) is 0.816. The van der Waals surface area contributed by atoms with Crippen LogP contribution in [0.3, 0.4) is 0 Å². The van der Waals surface area contributed by atoms with Crippen molar-refractivity contribution in [1.82, 2.24) is 4.90 Å². The first-order chi connectivity index (χ1) is 14.5. The van der Waals surface area contributed by atoms with Crippen molar-refractivity contribution in [1.29, 1.82) is 0 Å². The van der Waals surface area contributed by atoms with Gasteiger partial charge in [0.1, 0.15) is 11.3 Å². The van der Waals surface area contributed by atoms with Gasteiger partial charge in [-0.05, 0) is 50.1 Å². The number of fused-ring (bicyclic) bond motifs is 4. The zero-order valence-corrected chi connectivity index (χ0v) is 17.9. The Hall–Kier alpha value is -2.28. The van der Waals surface area contributed by atoms with Gasteiger partial charge in [-0.3, -0.25) is 14.5 Å². The summed E-state index contributed by atoms with van der Waals surface area (Å²) in [4.78, 5) is 29.2. The molecule has 3 heterocycles. The normalized spacial score (nSPS) is 27.1. The van der Waals surface area contributed by atoms with Crippen LogP contribution < -0.4 is 15.4 Å². The highest BCUT2D eigenvalue weighted by molar-refractivity contribution is 6.35. The number of halogens is 2. The molecular formula is C22H21Cl2N3O3. The molecule has 2 saturated heterocycles. The molecule has 2 fully saturated rings. The van der Waals surface area contributed by atoms with E-state index in [-0.39, 0.29) is 17.9 Å². The molecule has 0 aliphatic carbocycles. The number of methoxy groups -OCH3 is 1. The minimum atomic E-state index is -1.06. The van der Waals surface area contributed by atoms with Gasteiger partial charge in [0.25, 0.3) is 0 Å². The van der Waals surface area contributed by atoms with Crippen LogP contribution in [0.25, 0.3) is 0 Å². The maximum absolute atomic E-state index is 13.6. The van der Waals surface area contributed by atoms with Gasteiger partial charge in [0, 0.05) is 16.6 Å². The maximum atomic E-state index is 13.6. The summed E-state index contributed by atoms with van der Waals surface area (Å²) in [6.07, 6.45) is 2.58. The Morgan fingerprint density at radius 3 is 2.93 bits per heavy atom. The zero-order valence-electron chi connectivity index (χ0n) is 16.4. The lowest BCUT2D eigenvalue weighted by Crippen LogP contribution is -2.53. The van der Waals surface area contributed by atoms with Gasteiger partial charge < -0.3 is 15.4 Å². The number of para-hydroxylation sites is 1. The summed E-state index contributed by atoms with van der Waals surface area (Å²) in [6, 6.07) is 10.7. The van der Waals surface area contributed by atoms with Gasteiger partial charge in [-0.25, -0.2) is 0 Å². The molecule has 3 aliphatic rings. The van der Waals surface area contributed by atoms with Crippen LogP contribution >= 0.6 is 23.2 Å². The van der Waals surface area contributed by atoms with E-state index in [1.807, 2.05) is 12.1 Å². The van der Waals surface area contributed by atoms with Crippen LogP contribution in [-0.2, 0) is 15.1 Å². The third-order valence-corrected chi connectivity index (χ3v) is 7.14. The van der Waals surface area contributed by atoms with E-state index in [0.29, 0.717) is 33.6 Å². The summed E-state index contributed by atoms with van der Waals surface area (Å²) in [7, 11) is 1.54. The Labute approximate surface area is 184 Å². The molecule has 0 unspecified atom stereocenters. The molecule has 1 spiro atoms. The van der Waals surface area contributed by atoms with E-state index in [4.69, 9.17) is 27.9 Å². The Bertz CT molecular complexity index is 1060. The average Bonchev–Trinajstić information content (AvgIpc) is 3.38. The summed E-state index contributed by atoms with van der Waals surface area (Å²) < 4.78 is 5.37. The number of amides is 2. The van der Waals surface area contributed by atoms with Crippen LogP contribution in [0.1, 0.15) is 24.8 Å². The predicted molar refractivity (Wildman–Crippen MR) is 116 cm³/mol. The number of carbonyl (C=O) groups excluding carboxylic acids is 2. The number of nitrogens with zero attached hydrogens (tertiary/aromatic N) is 1. The molecule has 2 N–H and O–H groups in total. The number of ether oxygens (including phenoxy) is 1. The molecule has 2 aromatic rings. The highest BCUT2D eigenvalue weighted by Gasteiger charge is 2.65. The molecule has 6 nitrogen and oxygen atoms in total. The third kappa shape index (κ3) is 2.67. The van der Waals surface area contributed by atoms with Crippen molar-refractivity contribution in [2.45, 2.75) is 30.8 Å². The average molecular weight is 446 g/mol.